The zero-order valence-corrected chi connectivity index (χ0v) is 30.8. The number of amides is 6. The number of Topliss-reactive ketones (excluding diaryl/α,β-unsaturated/α-hetero) is 1. The van der Waals surface area contributed by atoms with Crippen molar-refractivity contribution < 1.29 is 33.5 Å². The van der Waals surface area contributed by atoms with Gasteiger partial charge in [-0.15, -0.1) is 12.3 Å². The van der Waals surface area contributed by atoms with Gasteiger partial charge in [-0.25, -0.2) is 9.59 Å². The lowest BCUT2D eigenvalue weighted by Crippen LogP contribution is -2.63. The van der Waals surface area contributed by atoms with Crippen LogP contribution in [0.1, 0.15) is 107 Å². The van der Waals surface area contributed by atoms with Gasteiger partial charge in [-0.1, -0.05) is 60.8 Å². The lowest BCUT2D eigenvalue weighted by atomic mass is 9.70. The molecule has 49 heavy (non-hydrogen) atoms. The van der Waals surface area contributed by atoms with Crippen LogP contribution >= 0.6 is 0 Å². The smallest absolute Gasteiger partial charge is 0.407 e. The number of carbonyl (C=O) groups excluding carboxylic acids is 6. The number of hydrogen-bond acceptors (Lipinski definition) is 7. The van der Waals surface area contributed by atoms with Crippen molar-refractivity contribution in [2.24, 2.45) is 22.7 Å². The monoisotopic (exact) mass is 688 g/mol. The van der Waals surface area contributed by atoms with E-state index < -0.39 is 64.7 Å². The number of terminal acetylenes is 1. The minimum absolute atomic E-state index is 0.0224. The van der Waals surface area contributed by atoms with Gasteiger partial charge < -0.3 is 36.2 Å². The summed E-state index contributed by atoms with van der Waals surface area (Å²) in [6.07, 6.45) is 9.89. The van der Waals surface area contributed by atoms with E-state index >= 15 is 0 Å². The Morgan fingerprint density at radius 3 is 2.14 bits per heavy atom. The number of rotatable bonds is 15. The second-order valence-electron chi connectivity index (χ2n) is 15.0. The molecule has 2 fully saturated rings. The van der Waals surface area contributed by atoms with E-state index in [1.54, 1.807) is 18.7 Å². The van der Waals surface area contributed by atoms with E-state index in [0.29, 0.717) is 32.4 Å². The molecule has 13 heteroatoms. The first-order valence-electron chi connectivity index (χ1n) is 17.8. The number of carbonyl (C=O) groups is 6. The van der Waals surface area contributed by atoms with Gasteiger partial charge in [0.15, 0.2) is 0 Å². The van der Waals surface area contributed by atoms with Crippen LogP contribution in [-0.2, 0) is 23.9 Å². The molecule has 5 atom stereocenters. The van der Waals surface area contributed by atoms with Crippen LogP contribution in [0.25, 0.3) is 0 Å². The summed E-state index contributed by atoms with van der Waals surface area (Å²) in [6.45, 7) is 16.0. The maximum Gasteiger partial charge on any atom is 0.407 e. The molecule has 0 aromatic carbocycles. The Balaban J connectivity index is 2.42. The zero-order valence-electron chi connectivity index (χ0n) is 30.8. The Hall–Kier alpha value is -3.82. The van der Waals surface area contributed by atoms with Crippen molar-refractivity contribution in [2.75, 3.05) is 26.2 Å². The summed E-state index contributed by atoms with van der Waals surface area (Å²) in [5, 5.41) is 13.7. The zero-order chi connectivity index (χ0) is 36.9. The average Bonchev–Trinajstić information content (AvgIpc) is 3.49. The summed E-state index contributed by atoms with van der Waals surface area (Å²) in [7, 11) is 0. The molecule has 2 aliphatic rings. The number of alkyl carbamates (subject to hydrolysis) is 1. The fraction of sp³-hybridized carbons (Fsp3) is 0.778. The Morgan fingerprint density at radius 1 is 0.959 bits per heavy atom. The normalized spacial score (nSPS) is 20.6. The molecule has 1 aliphatic heterocycles. The number of urea groups is 1. The molecule has 1 saturated carbocycles. The number of nitrogens with one attached hydrogen (secondary N) is 5. The molecule has 0 radical (unpaired) electrons. The van der Waals surface area contributed by atoms with Gasteiger partial charge >= 0.3 is 12.1 Å². The van der Waals surface area contributed by atoms with Crippen molar-refractivity contribution in [3.63, 3.8) is 0 Å². The van der Waals surface area contributed by atoms with Crippen LogP contribution in [-0.4, -0.2) is 90.9 Å². The SMILES string of the molecule is C#CCCC(NC(=O)C1[C@@H](C(C)C)CCN1C(=O)C(NC(=O)NC(COC(=O)NCC)C(C)(C)C)C1(C)CCCCC1)C(=O)C(=O)NCC. The van der Waals surface area contributed by atoms with Crippen LogP contribution in [0.5, 0.6) is 0 Å². The number of ether oxygens (including phenoxy) is 1. The first-order valence-corrected chi connectivity index (χ1v) is 17.8. The van der Waals surface area contributed by atoms with Gasteiger partial charge in [0.25, 0.3) is 5.91 Å². The summed E-state index contributed by atoms with van der Waals surface area (Å²) in [4.78, 5) is 81.5. The maximum atomic E-state index is 14.7. The average molecular weight is 689 g/mol. The van der Waals surface area contributed by atoms with E-state index in [1.165, 1.54) is 0 Å². The Bertz CT molecular complexity index is 1220. The van der Waals surface area contributed by atoms with Gasteiger partial charge in [0.2, 0.25) is 17.6 Å². The molecule has 276 valence electrons. The molecule has 2 rings (SSSR count). The van der Waals surface area contributed by atoms with Crippen LogP contribution in [0.4, 0.5) is 9.59 Å². The molecule has 6 amide bonds. The van der Waals surface area contributed by atoms with E-state index in [1.807, 2.05) is 41.5 Å². The summed E-state index contributed by atoms with van der Waals surface area (Å²) in [6, 6.07) is -4.16. The van der Waals surface area contributed by atoms with Crippen molar-refractivity contribution >= 4 is 35.6 Å². The molecule has 0 aromatic heterocycles. The molecular weight excluding hydrogens is 628 g/mol. The van der Waals surface area contributed by atoms with Crippen LogP contribution in [0, 0.1) is 35.0 Å². The number of hydrogen-bond donors (Lipinski definition) is 5. The van der Waals surface area contributed by atoms with Crippen LogP contribution in [0.2, 0.25) is 0 Å². The predicted octanol–water partition coefficient (Wildman–Crippen LogP) is 3.26. The second kappa shape index (κ2) is 18.8. The van der Waals surface area contributed by atoms with Crippen molar-refractivity contribution in [1.82, 2.24) is 31.5 Å². The van der Waals surface area contributed by atoms with E-state index in [9.17, 15) is 28.8 Å². The number of likely N-dealkylation sites (tertiary alicyclic amines) is 1. The maximum absolute atomic E-state index is 14.7. The van der Waals surface area contributed by atoms with E-state index in [2.05, 4.69) is 32.5 Å². The quantitative estimate of drug-likeness (QED) is 0.130. The topological polar surface area (TPSA) is 175 Å². The highest BCUT2D eigenvalue weighted by Gasteiger charge is 2.50. The molecule has 1 saturated heterocycles. The van der Waals surface area contributed by atoms with E-state index in [4.69, 9.17) is 11.2 Å². The van der Waals surface area contributed by atoms with Crippen LogP contribution < -0.4 is 26.6 Å². The standard InChI is InChI=1S/C36H60N6O7/c1-10-13-17-25(28(43)31(45)37-11-2)39-30(44)27-24(23(4)5)18-21-42(27)32(46)29(36(9)19-15-14-16-20-36)41-33(47)40-26(35(6,7)8)22-49-34(48)38-12-3/h1,23-27,29H,11-22H2,2-9H3,(H,37,45)(H,38,48)(H,39,44)(H2,40,41,47)/t24-,25?,26?,27?,29?/m1/s1. The van der Waals surface area contributed by atoms with Crippen LogP contribution in [0.3, 0.4) is 0 Å². The van der Waals surface area contributed by atoms with E-state index in [0.717, 1.165) is 19.3 Å². The van der Waals surface area contributed by atoms with Gasteiger partial charge in [-0.3, -0.25) is 19.2 Å². The summed E-state index contributed by atoms with van der Waals surface area (Å²) >= 11 is 0. The van der Waals surface area contributed by atoms with E-state index in [-0.39, 0.29) is 43.7 Å². The number of nitrogens with zero attached hydrogens (tertiary/aromatic N) is 1. The fourth-order valence-electron chi connectivity index (χ4n) is 6.80. The molecule has 1 heterocycles. The number of ketones is 1. The van der Waals surface area contributed by atoms with Crippen molar-refractivity contribution in [2.45, 2.75) is 131 Å². The lowest BCUT2D eigenvalue weighted by Gasteiger charge is -2.43. The predicted molar refractivity (Wildman–Crippen MR) is 187 cm³/mol. The second-order valence-corrected chi connectivity index (χ2v) is 15.0. The minimum atomic E-state index is -1.15. The Morgan fingerprint density at radius 2 is 1.59 bits per heavy atom. The highest BCUT2D eigenvalue weighted by Crippen LogP contribution is 2.41. The number of likely N-dealkylation sites (N-methyl/N-ethyl adjacent to an activating group) is 1. The van der Waals surface area contributed by atoms with Crippen molar-refractivity contribution in [3.05, 3.63) is 0 Å². The minimum Gasteiger partial charge on any atom is -0.447 e. The molecular formula is C36H60N6O7. The molecule has 4 unspecified atom stereocenters. The fourth-order valence-corrected chi connectivity index (χ4v) is 6.80. The Kier molecular flexibility index (Phi) is 15.9. The molecule has 0 spiro atoms. The highest BCUT2D eigenvalue weighted by atomic mass is 16.5. The summed E-state index contributed by atoms with van der Waals surface area (Å²) in [5.74, 6) is -0.242. The van der Waals surface area contributed by atoms with Gasteiger partial charge in [0.05, 0.1) is 12.1 Å². The third-order valence-electron chi connectivity index (χ3n) is 9.89. The van der Waals surface area contributed by atoms with Gasteiger partial charge in [-0.05, 0) is 62.2 Å². The van der Waals surface area contributed by atoms with Gasteiger partial charge in [0.1, 0.15) is 18.7 Å². The van der Waals surface area contributed by atoms with Crippen LogP contribution in [0.15, 0.2) is 0 Å². The van der Waals surface area contributed by atoms with Crippen molar-refractivity contribution in [3.8, 4) is 12.3 Å². The first-order chi connectivity index (χ1) is 23.0. The molecule has 0 aromatic rings. The third-order valence-corrected chi connectivity index (χ3v) is 9.89. The molecule has 13 nitrogen and oxygen atoms in total. The van der Waals surface area contributed by atoms with Gasteiger partial charge in [0, 0.05) is 26.1 Å². The lowest BCUT2D eigenvalue weighted by molar-refractivity contribution is -0.145. The largest absolute Gasteiger partial charge is 0.447 e. The van der Waals surface area contributed by atoms with Crippen molar-refractivity contribution in [1.29, 1.82) is 0 Å². The highest BCUT2D eigenvalue weighted by molar-refractivity contribution is 6.38. The van der Waals surface area contributed by atoms with Gasteiger partial charge in [-0.2, -0.15) is 0 Å². The summed E-state index contributed by atoms with van der Waals surface area (Å²) < 4.78 is 5.35. The first kappa shape index (κ1) is 41.4. The summed E-state index contributed by atoms with van der Waals surface area (Å²) in [5.41, 5.74) is -1.07. The Labute approximate surface area is 292 Å². The molecule has 0 bridgehead atoms. The molecule has 5 N–H and O–H groups in total. The third kappa shape index (κ3) is 11.6. The molecule has 1 aliphatic carbocycles.